The summed E-state index contributed by atoms with van der Waals surface area (Å²) in [6.45, 7) is 4.30. The predicted molar refractivity (Wildman–Crippen MR) is 75.7 cm³/mol. The van der Waals surface area contributed by atoms with E-state index >= 15 is 0 Å². The Hall–Kier alpha value is -1.27. The highest BCUT2D eigenvalue weighted by molar-refractivity contribution is 7.16. The van der Waals surface area contributed by atoms with Gasteiger partial charge in [0.1, 0.15) is 0 Å². The number of hydrogen-bond donors (Lipinski definition) is 2. The molecule has 0 aliphatic rings. The summed E-state index contributed by atoms with van der Waals surface area (Å²) in [5.41, 5.74) is 0. The molecule has 1 aromatic heterocycles. The molecule has 0 aromatic carbocycles. The zero-order valence-corrected chi connectivity index (χ0v) is 12.4. The van der Waals surface area contributed by atoms with Crippen LogP contribution in [0.25, 0.3) is 0 Å². The average Bonchev–Trinajstić information content (AvgIpc) is 2.72. The minimum absolute atomic E-state index is 0.0497. The second-order valence-corrected chi connectivity index (χ2v) is 6.10. The molecule has 1 aromatic rings. The summed E-state index contributed by atoms with van der Waals surface area (Å²) in [5, 5.41) is 11.4. The summed E-state index contributed by atoms with van der Waals surface area (Å²) >= 11 is 7.21. The molecule has 0 unspecified atom stereocenters. The van der Waals surface area contributed by atoms with Crippen LogP contribution in [0.15, 0.2) is 12.1 Å². The van der Waals surface area contributed by atoms with E-state index in [1.807, 2.05) is 19.9 Å². The van der Waals surface area contributed by atoms with Gasteiger partial charge in [-0.2, -0.15) is 0 Å². The fraction of sp³-hybridized carbons (Fsp3) is 0.500. The second kappa shape index (κ2) is 7.35. The van der Waals surface area contributed by atoms with E-state index in [1.54, 1.807) is 6.07 Å². The molecule has 0 saturated heterocycles. The maximum atomic E-state index is 12.0. The number of hydrogen-bond acceptors (Lipinski definition) is 3. The zero-order chi connectivity index (χ0) is 14.4. The Kier molecular flexibility index (Phi) is 6.11. The van der Waals surface area contributed by atoms with E-state index in [1.165, 1.54) is 16.2 Å². The van der Waals surface area contributed by atoms with Crippen molar-refractivity contribution in [1.82, 2.24) is 10.2 Å². The number of halogens is 1. The van der Waals surface area contributed by atoms with Gasteiger partial charge < -0.3 is 15.3 Å². The maximum absolute atomic E-state index is 12.0. The lowest BCUT2D eigenvalue weighted by atomic mass is 10.3. The van der Waals surface area contributed by atoms with Crippen LogP contribution in [-0.2, 0) is 11.3 Å². The van der Waals surface area contributed by atoms with E-state index < -0.39 is 5.97 Å². The molecule has 0 saturated carbocycles. The molecule has 2 N–H and O–H groups in total. The van der Waals surface area contributed by atoms with Gasteiger partial charge >= 0.3 is 12.0 Å². The Labute approximate surface area is 121 Å². The van der Waals surface area contributed by atoms with E-state index in [2.05, 4.69) is 5.32 Å². The number of aliphatic carboxylic acids is 1. The van der Waals surface area contributed by atoms with Gasteiger partial charge in [-0.1, -0.05) is 11.6 Å². The molecule has 7 heteroatoms. The van der Waals surface area contributed by atoms with Gasteiger partial charge in [-0.3, -0.25) is 4.79 Å². The molecular weight excluding hydrogens is 288 g/mol. The number of urea groups is 1. The Morgan fingerprint density at radius 3 is 2.63 bits per heavy atom. The topological polar surface area (TPSA) is 69.6 Å². The predicted octanol–water partition coefficient (Wildman–Crippen LogP) is 2.80. The van der Waals surface area contributed by atoms with Crippen molar-refractivity contribution in [2.45, 2.75) is 32.9 Å². The molecule has 1 rings (SSSR count). The van der Waals surface area contributed by atoms with Gasteiger partial charge in [0.05, 0.1) is 17.3 Å². The highest BCUT2D eigenvalue weighted by Crippen LogP contribution is 2.21. The Morgan fingerprint density at radius 1 is 1.47 bits per heavy atom. The third-order valence-electron chi connectivity index (χ3n) is 2.49. The van der Waals surface area contributed by atoms with E-state index in [0.717, 1.165) is 4.88 Å². The molecule has 0 bridgehead atoms. The van der Waals surface area contributed by atoms with Crippen LogP contribution >= 0.6 is 22.9 Å². The number of amides is 2. The highest BCUT2D eigenvalue weighted by Gasteiger charge is 2.17. The zero-order valence-electron chi connectivity index (χ0n) is 10.9. The van der Waals surface area contributed by atoms with Gasteiger partial charge in [0.2, 0.25) is 0 Å². The Balaban J connectivity index is 2.49. The summed E-state index contributed by atoms with van der Waals surface area (Å²) < 4.78 is 0.677. The van der Waals surface area contributed by atoms with Crippen molar-refractivity contribution in [2.24, 2.45) is 0 Å². The lowest BCUT2D eigenvalue weighted by molar-refractivity contribution is -0.137. The first-order valence-electron chi connectivity index (χ1n) is 5.90. The number of rotatable bonds is 6. The number of carbonyl (C=O) groups is 2. The van der Waals surface area contributed by atoms with E-state index in [4.69, 9.17) is 16.7 Å². The molecule has 0 aliphatic heterocycles. The SMILES string of the molecule is CC(C)N(CCC(=O)O)C(=O)NCc1ccc(Cl)s1. The molecule has 2 amide bonds. The van der Waals surface area contributed by atoms with Gasteiger partial charge in [0.15, 0.2) is 0 Å². The van der Waals surface area contributed by atoms with Crippen LogP contribution in [0.3, 0.4) is 0 Å². The lowest BCUT2D eigenvalue weighted by Gasteiger charge is -2.26. The monoisotopic (exact) mass is 304 g/mol. The van der Waals surface area contributed by atoms with Crippen molar-refractivity contribution < 1.29 is 14.7 Å². The molecule has 1 heterocycles. The minimum atomic E-state index is -0.913. The molecule has 0 spiro atoms. The first-order valence-corrected chi connectivity index (χ1v) is 7.10. The fourth-order valence-electron chi connectivity index (χ4n) is 1.52. The van der Waals surface area contributed by atoms with Gasteiger partial charge in [-0.05, 0) is 26.0 Å². The van der Waals surface area contributed by atoms with Gasteiger partial charge in [-0.25, -0.2) is 4.79 Å². The summed E-state index contributed by atoms with van der Waals surface area (Å²) in [6, 6.07) is 3.31. The summed E-state index contributed by atoms with van der Waals surface area (Å²) in [7, 11) is 0. The minimum Gasteiger partial charge on any atom is -0.481 e. The number of carbonyl (C=O) groups excluding carboxylic acids is 1. The van der Waals surface area contributed by atoms with Crippen LogP contribution in [0.1, 0.15) is 25.1 Å². The summed E-state index contributed by atoms with van der Waals surface area (Å²) in [4.78, 5) is 25.0. The number of carboxylic acids is 1. The van der Waals surface area contributed by atoms with Crippen molar-refractivity contribution in [1.29, 1.82) is 0 Å². The maximum Gasteiger partial charge on any atom is 0.317 e. The third kappa shape index (κ3) is 5.48. The van der Waals surface area contributed by atoms with Gasteiger partial charge in [-0.15, -0.1) is 11.3 Å². The van der Waals surface area contributed by atoms with E-state index in [0.29, 0.717) is 10.9 Å². The molecule has 0 fully saturated rings. The number of carboxylic acid groups (broad SMARTS) is 1. The van der Waals surface area contributed by atoms with Gasteiger partial charge in [0.25, 0.3) is 0 Å². The van der Waals surface area contributed by atoms with E-state index in [9.17, 15) is 9.59 Å². The van der Waals surface area contributed by atoms with Crippen LogP contribution in [0, 0.1) is 0 Å². The van der Waals surface area contributed by atoms with Crippen molar-refractivity contribution in [3.05, 3.63) is 21.3 Å². The van der Waals surface area contributed by atoms with Crippen molar-refractivity contribution in [3.63, 3.8) is 0 Å². The first-order chi connectivity index (χ1) is 8.90. The fourth-order valence-corrected chi connectivity index (χ4v) is 2.55. The van der Waals surface area contributed by atoms with Gasteiger partial charge in [0, 0.05) is 17.5 Å². The lowest BCUT2D eigenvalue weighted by Crippen LogP contribution is -2.44. The molecule has 19 heavy (non-hydrogen) atoms. The third-order valence-corrected chi connectivity index (χ3v) is 3.72. The normalized spacial score (nSPS) is 10.5. The number of nitrogens with one attached hydrogen (secondary N) is 1. The van der Waals surface area contributed by atoms with Crippen molar-refractivity contribution in [3.8, 4) is 0 Å². The molecule has 5 nitrogen and oxygen atoms in total. The molecule has 106 valence electrons. The largest absolute Gasteiger partial charge is 0.481 e. The van der Waals surface area contributed by atoms with Crippen LogP contribution in [-0.4, -0.2) is 34.6 Å². The number of nitrogens with zero attached hydrogens (tertiary/aromatic N) is 1. The smallest absolute Gasteiger partial charge is 0.317 e. The van der Waals surface area contributed by atoms with Crippen LogP contribution < -0.4 is 5.32 Å². The van der Waals surface area contributed by atoms with Crippen molar-refractivity contribution >= 4 is 34.9 Å². The van der Waals surface area contributed by atoms with E-state index in [-0.39, 0.29) is 25.0 Å². The molecule has 0 radical (unpaired) electrons. The highest BCUT2D eigenvalue weighted by atomic mass is 35.5. The van der Waals surface area contributed by atoms with Crippen LogP contribution in [0.4, 0.5) is 4.79 Å². The quantitative estimate of drug-likeness (QED) is 0.849. The summed E-state index contributed by atoms with van der Waals surface area (Å²) in [5.74, 6) is -0.913. The first kappa shape index (κ1) is 15.8. The summed E-state index contributed by atoms with van der Waals surface area (Å²) in [6.07, 6.45) is -0.0591. The average molecular weight is 305 g/mol. The second-order valence-electron chi connectivity index (χ2n) is 4.30. The molecule has 0 atom stereocenters. The Morgan fingerprint density at radius 2 is 2.16 bits per heavy atom. The van der Waals surface area contributed by atoms with Crippen molar-refractivity contribution in [2.75, 3.05) is 6.54 Å². The standard InChI is InChI=1S/C12H17ClN2O3S/c1-8(2)15(6-5-11(16)17)12(18)14-7-9-3-4-10(13)19-9/h3-4,8H,5-7H2,1-2H3,(H,14,18)(H,16,17). The van der Waals surface area contributed by atoms with Crippen LogP contribution in [0.2, 0.25) is 4.34 Å². The van der Waals surface area contributed by atoms with Crippen LogP contribution in [0.5, 0.6) is 0 Å². The molecular formula is C12H17ClN2O3S. The molecule has 0 aliphatic carbocycles. The number of thiophene rings is 1. The Bertz CT molecular complexity index is 448.